The van der Waals surface area contributed by atoms with Gasteiger partial charge in [0, 0.05) is 11.5 Å². The van der Waals surface area contributed by atoms with Crippen LogP contribution >= 0.6 is 23.5 Å². The highest BCUT2D eigenvalue weighted by Crippen LogP contribution is 2.46. The van der Waals surface area contributed by atoms with Crippen molar-refractivity contribution in [1.82, 2.24) is 4.90 Å². The van der Waals surface area contributed by atoms with Gasteiger partial charge < -0.3 is 14.3 Å². The number of halogens is 1. The van der Waals surface area contributed by atoms with E-state index in [9.17, 15) is 23.9 Å². The molecule has 0 saturated carbocycles. The third kappa shape index (κ3) is 7.43. The molecule has 2 rings (SSSR count). The molecule has 0 spiro atoms. The van der Waals surface area contributed by atoms with Gasteiger partial charge >= 0.3 is 5.97 Å². The summed E-state index contributed by atoms with van der Waals surface area (Å²) in [7, 11) is -2.20. The Bertz CT molecular complexity index is 1100. The highest BCUT2D eigenvalue weighted by Gasteiger charge is 2.56. The van der Waals surface area contributed by atoms with E-state index >= 15 is 0 Å². The lowest BCUT2D eigenvalue weighted by atomic mass is 9.92. The quantitative estimate of drug-likeness (QED) is 0.140. The van der Waals surface area contributed by atoms with Crippen LogP contribution in [-0.4, -0.2) is 52.5 Å². The molecule has 7 nitrogen and oxygen atoms in total. The monoisotopic (exact) mass is 585 g/mol. The number of thioether (sulfide) groups is 2. The number of aliphatic carboxylic acids is 1. The molecule has 1 N–H and O–H groups in total. The number of carbonyl (C=O) groups excluding carboxylic acids is 2. The van der Waals surface area contributed by atoms with Gasteiger partial charge in [0.25, 0.3) is 0 Å². The largest absolute Gasteiger partial charge is 0.476 e. The second-order valence-corrected chi connectivity index (χ2v) is 18.9. The molecule has 1 fully saturated rings. The fourth-order valence-corrected chi connectivity index (χ4v) is 7.07. The first kappa shape index (κ1) is 32.4. The Kier molecular flexibility index (Phi) is 10.3. The van der Waals surface area contributed by atoms with Gasteiger partial charge in [-0.25, -0.2) is 9.18 Å². The molecule has 1 aromatic rings. The summed E-state index contributed by atoms with van der Waals surface area (Å²) in [6, 6.07) is 5.19. The van der Waals surface area contributed by atoms with E-state index in [4.69, 9.17) is 9.16 Å². The van der Waals surface area contributed by atoms with E-state index in [0.29, 0.717) is 17.5 Å². The maximum Gasteiger partial charge on any atom is 0.357 e. The fraction of sp³-hybridized carbons (Fsp3) is 0.593. The van der Waals surface area contributed by atoms with Crippen molar-refractivity contribution >= 4 is 48.8 Å². The van der Waals surface area contributed by atoms with Crippen LogP contribution in [0.2, 0.25) is 18.1 Å². The van der Waals surface area contributed by atoms with Crippen molar-refractivity contribution < 1.29 is 33.0 Å². The Hall–Kier alpha value is -1.82. The summed E-state index contributed by atoms with van der Waals surface area (Å²) in [5.41, 5.74) is -1.27. The van der Waals surface area contributed by atoms with Crippen LogP contribution in [-0.2, 0) is 18.8 Å². The number of β-lactam (4-membered cyclic amide) rings is 1. The van der Waals surface area contributed by atoms with Gasteiger partial charge in [-0.2, -0.15) is 0 Å². The topological polar surface area (TPSA) is 93.1 Å². The number of hydrogen-bond acceptors (Lipinski definition) is 7. The standard InChI is InChI=1S/C27H40FNO6S2Si/c1-11-36-22-19(16(2)35-38(9,10)27(6,7)8)21(30)29(22)20(23(31)32)24(37-25(33)26(3,4)5)34-18-14-12-13-17(28)15-18/h12-16,19,22H,11H2,1-10H3,(H,31,32)/t16-,19+,22-/m1/s1. The summed E-state index contributed by atoms with van der Waals surface area (Å²) in [5, 5.41) is 9.04. The normalized spacial score (nSPS) is 20.0. The van der Waals surface area contributed by atoms with Crippen LogP contribution in [0.25, 0.3) is 0 Å². The molecule has 1 aromatic carbocycles. The van der Waals surface area contributed by atoms with Gasteiger partial charge in [0.15, 0.2) is 19.1 Å². The van der Waals surface area contributed by atoms with Crippen LogP contribution in [0.1, 0.15) is 55.4 Å². The molecule has 0 radical (unpaired) electrons. The molecule has 1 heterocycles. The molecule has 1 aliphatic rings. The number of amides is 1. The first-order chi connectivity index (χ1) is 17.3. The molecular weight excluding hydrogens is 546 g/mol. The van der Waals surface area contributed by atoms with E-state index in [1.165, 1.54) is 34.9 Å². The van der Waals surface area contributed by atoms with Crippen LogP contribution < -0.4 is 4.74 Å². The number of carbonyl (C=O) groups is 3. The van der Waals surface area contributed by atoms with E-state index in [1.54, 1.807) is 20.8 Å². The van der Waals surface area contributed by atoms with E-state index < -0.39 is 54.5 Å². The van der Waals surface area contributed by atoms with Crippen molar-refractivity contribution in [3.63, 3.8) is 0 Å². The Labute approximate surface area is 235 Å². The summed E-state index contributed by atoms with van der Waals surface area (Å²) in [5.74, 6) is -2.34. The third-order valence-electron chi connectivity index (χ3n) is 6.66. The van der Waals surface area contributed by atoms with E-state index in [1.807, 2.05) is 13.8 Å². The molecule has 0 aliphatic carbocycles. The number of rotatable bonds is 10. The molecule has 212 valence electrons. The number of carboxylic acids is 1. The minimum atomic E-state index is -2.20. The number of carboxylic acid groups (broad SMARTS) is 1. The fourth-order valence-electron chi connectivity index (χ4n) is 3.50. The molecule has 1 aliphatic heterocycles. The van der Waals surface area contributed by atoms with Crippen molar-refractivity contribution in [2.24, 2.45) is 11.3 Å². The maximum atomic E-state index is 13.9. The molecule has 0 aromatic heterocycles. The predicted octanol–water partition coefficient (Wildman–Crippen LogP) is 6.71. The van der Waals surface area contributed by atoms with Crippen molar-refractivity contribution in [1.29, 1.82) is 0 Å². The molecule has 1 amide bonds. The van der Waals surface area contributed by atoms with Gasteiger partial charge in [0.2, 0.25) is 11.0 Å². The average Bonchev–Trinajstić information content (AvgIpc) is 2.74. The molecule has 0 unspecified atom stereocenters. The van der Waals surface area contributed by atoms with Crippen LogP contribution in [0.4, 0.5) is 4.39 Å². The Balaban J connectivity index is 2.57. The predicted molar refractivity (Wildman–Crippen MR) is 154 cm³/mol. The van der Waals surface area contributed by atoms with Crippen molar-refractivity contribution in [3.8, 4) is 5.75 Å². The van der Waals surface area contributed by atoms with Crippen LogP contribution in [0.5, 0.6) is 5.75 Å². The Morgan fingerprint density at radius 3 is 2.26 bits per heavy atom. The van der Waals surface area contributed by atoms with E-state index in [2.05, 4.69) is 33.9 Å². The molecule has 1 saturated heterocycles. The van der Waals surface area contributed by atoms with Gasteiger partial charge in [-0.1, -0.05) is 54.5 Å². The van der Waals surface area contributed by atoms with Gasteiger partial charge in [-0.3, -0.25) is 14.5 Å². The summed E-state index contributed by atoms with van der Waals surface area (Å²) < 4.78 is 26.2. The smallest absolute Gasteiger partial charge is 0.357 e. The second kappa shape index (κ2) is 12.1. The summed E-state index contributed by atoms with van der Waals surface area (Å²) in [6.45, 7) is 19.4. The van der Waals surface area contributed by atoms with Crippen LogP contribution in [0, 0.1) is 17.2 Å². The first-order valence-electron chi connectivity index (χ1n) is 12.6. The minimum Gasteiger partial charge on any atom is -0.476 e. The van der Waals surface area contributed by atoms with Crippen molar-refractivity contribution in [3.05, 3.63) is 40.9 Å². The second-order valence-electron chi connectivity index (χ2n) is 11.8. The van der Waals surface area contributed by atoms with Crippen molar-refractivity contribution in [2.75, 3.05) is 5.75 Å². The first-order valence-corrected chi connectivity index (χ1v) is 17.3. The highest BCUT2D eigenvalue weighted by molar-refractivity contribution is 8.16. The van der Waals surface area contributed by atoms with E-state index in [0.717, 1.165) is 6.07 Å². The van der Waals surface area contributed by atoms with Gasteiger partial charge in [-0.15, -0.1) is 11.8 Å². The van der Waals surface area contributed by atoms with Crippen LogP contribution in [0.3, 0.4) is 0 Å². The van der Waals surface area contributed by atoms with Gasteiger partial charge in [-0.05, 0) is 54.7 Å². The molecule has 11 heteroatoms. The van der Waals surface area contributed by atoms with Crippen LogP contribution in [0.15, 0.2) is 35.1 Å². The minimum absolute atomic E-state index is 0.0202. The third-order valence-corrected chi connectivity index (χ3v) is 13.7. The maximum absolute atomic E-state index is 13.9. The lowest BCUT2D eigenvalue weighted by Gasteiger charge is -2.50. The number of hydrogen-bond donors (Lipinski definition) is 1. The molecule has 38 heavy (non-hydrogen) atoms. The zero-order valence-corrected chi connectivity index (χ0v) is 26.5. The summed E-state index contributed by atoms with van der Waals surface area (Å²) in [6.07, 6.45) is -0.435. The zero-order chi connectivity index (χ0) is 29.2. The number of benzene rings is 1. The van der Waals surface area contributed by atoms with E-state index in [-0.39, 0.29) is 21.0 Å². The number of nitrogens with zero attached hydrogens (tertiary/aromatic N) is 1. The molecule has 3 atom stereocenters. The number of likely N-dealkylation sites (tertiary alicyclic amines) is 1. The van der Waals surface area contributed by atoms with Gasteiger partial charge in [0.05, 0.1) is 17.4 Å². The zero-order valence-electron chi connectivity index (χ0n) is 23.9. The summed E-state index contributed by atoms with van der Waals surface area (Å²) in [4.78, 5) is 40.4. The highest BCUT2D eigenvalue weighted by atomic mass is 32.2. The van der Waals surface area contributed by atoms with Crippen molar-refractivity contribution in [2.45, 2.75) is 85.0 Å². The summed E-state index contributed by atoms with van der Waals surface area (Å²) >= 11 is 2.03. The SMILES string of the molecule is CCS[C@@H]1[C@@H]([C@@H](C)O[Si](C)(C)C(C)(C)C)C(=O)N1C(C(=O)O)=C(Oc1cccc(F)c1)SC(=O)C(C)(C)C. The lowest BCUT2D eigenvalue weighted by molar-refractivity contribution is -0.157. The lowest BCUT2D eigenvalue weighted by Crippen LogP contribution is -2.64. The van der Waals surface area contributed by atoms with Gasteiger partial charge in [0.1, 0.15) is 11.6 Å². The average molecular weight is 586 g/mol. The number of ether oxygens (including phenoxy) is 1. The molecule has 0 bridgehead atoms. The Morgan fingerprint density at radius 2 is 1.79 bits per heavy atom. The molecular formula is C27H40FNO6S2Si. The Morgan fingerprint density at radius 1 is 1.18 bits per heavy atom.